The Morgan fingerprint density at radius 3 is 2.31 bits per heavy atom. The van der Waals surface area contributed by atoms with Crippen LogP contribution in [-0.4, -0.2) is 8.07 Å². The highest BCUT2D eigenvalue weighted by molar-refractivity contribution is 6.83. The van der Waals surface area contributed by atoms with Gasteiger partial charge in [-0.05, 0) is 18.2 Å². The molecule has 1 rings (SSSR count). The molecule has 0 saturated carbocycles. The predicted octanol–water partition coefficient (Wildman–Crippen LogP) is 3.99. The average molecular weight is 242 g/mol. The summed E-state index contributed by atoms with van der Waals surface area (Å²) in [6.45, 7) is 6.00. The molecule has 0 spiro atoms. The molecule has 0 heterocycles. The standard InChI is InChI=1S/C12H13F3Si/c1-16(2,3)7-6-9-8-10(13)4-5-11(9)12(14)15/h4-5,8,12H,1-3H3. The number of alkyl halides is 2. The first-order valence-electron chi connectivity index (χ1n) is 4.90. The van der Waals surface area contributed by atoms with Crippen molar-refractivity contribution in [1.82, 2.24) is 0 Å². The normalized spacial score (nSPS) is 11.2. The van der Waals surface area contributed by atoms with Gasteiger partial charge in [-0.15, -0.1) is 5.54 Å². The van der Waals surface area contributed by atoms with Gasteiger partial charge in [0.1, 0.15) is 13.9 Å². The van der Waals surface area contributed by atoms with Crippen molar-refractivity contribution in [3.8, 4) is 11.5 Å². The Morgan fingerprint density at radius 2 is 1.81 bits per heavy atom. The van der Waals surface area contributed by atoms with E-state index in [1.807, 2.05) is 19.6 Å². The summed E-state index contributed by atoms with van der Waals surface area (Å²) in [5.41, 5.74) is 2.84. The summed E-state index contributed by atoms with van der Waals surface area (Å²) >= 11 is 0. The van der Waals surface area contributed by atoms with Crippen LogP contribution in [0.25, 0.3) is 0 Å². The Morgan fingerprint density at radius 1 is 1.19 bits per heavy atom. The first-order valence-corrected chi connectivity index (χ1v) is 8.40. The maximum absolute atomic E-state index is 12.9. The minimum atomic E-state index is -2.62. The molecule has 0 aliphatic carbocycles. The number of hydrogen-bond donors (Lipinski definition) is 0. The molecular weight excluding hydrogens is 229 g/mol. The van der Waals surface area contributed by atoms with Crippen molar-refractivity contribution >= 4 is 8.07 Å². The summed E-state index contributed by atoms with van der Waals surface area (Å²) in [5, 5.41) is 0. The van der Waals surface area contributed by atoms with E-state index in [2.05, 4.69) is 11.5 Å². The molecule has 16 heavy (non-hydrogen) atoms. The predicted molar refractivity (Wildman–Crippen MR) is 61.6 cm³/mol. The van der Waals surface area contributed by atoms with E-state index in [0.29, 0.717) is 0 Å². The van der Waals surface area contributed by atoms with Crippen molar-refractivity contribution in [1.29, 1.82) is 0 Å². The second kappa shape index (κ2) is 4.75. The average Bonchev–Trinajstić information content (AvgIpc) is 2.13. The van der Waals surface area contributed by atoms with Crippen LogP contribution < -0.4 is 0 Å². The zero-order valence-corrected chi connectivity index (χ0v) is 10.4. The third-order valence-corrected chi connectivity index (χ3v) is 2.70. The van der Waals surface area contributed by atoms with E-state index in [1.165, 1.54) is 0 Å². The fourth-order valence-corrected chi connectivity index (χ4v) is 1.59. The van der Waals surface area contributed by atoms with Gasteiger partial charge in [0.2, 0.25) is 0 Å². The molecule has 1 aromatic rings. The summed E-state index contributed by atoms with van der Waals surface area (Å²) in [5.74, 6) is 2.13. The Labute approximate surface area is 94.5 Å². The van der Waals surface area contributed by atoms with Gasteiger partial charge in [-0.2, -0.15) is 0 Å². The molecule has 0 amide bonds. The molecule has 0 aliphatic heterocycles. The van der Waals surface area contributed by atoms with Crippen LogP contribution in [0.5, 0.6) is 0 Å². The fourth-order valence-electron chi connectivity index (χ4n) is 1.08. The third kappa shape index (κ3) is 3.74. The molecule has 0 bridgehead atoms. The number of halogens is 3. The molecule has 1 aromatic carbocycles. The zero-order valence-electron chi connectivity index (χ0n) is 9.44. The molecule has 0 radical (unpaired) electrons. The molecule has 0 aromatic heterocycles. The van der Waals surface area contributed by atoms with Crippen LogP contribution in [0.3, 0.4) is 0 Å². The van der Waals surface area contributed by atoms with Gasteiger partial charge in [0.25, 0.3) is 6.43 Å². The second-order valence-corrected chi connectivity index (χ2v) is 9.28. The summed E-state index contributed by atoms with van der Waals surface area (Å²) in [6, 6.07) is 3.18. The first-order chi connectivity index (χ1) is 7.29. The molecule has 0 nitrogen and oxygen atoms in total. The van der Waals surface area contributed by atoms with Crippen LogP contribution in [0.1, 0.15) is 17.6 Å². The van der Waals surface area contributed by atoms with Crippen molar-refractivity contribution in [3.05, 3.63) is 35.1 Å². The third-order valence-electron chi connectivity index (χ3n) is 1.82. The van der Waals surface area contributed by atoms with Crippen LogP contribution in [0, 0.1) is 17.3 Å². The van der Waals surface area contributed by atoms with Crippen LogP contribution in [0.4, 0.5) is 13.2 Å². The van der Waals surface area contributed by atoms with Crippen LogP contribution in [0.2, 0.25) is 19.6 Å². The molecule has 0 N–H and O–H groups in total. The van der Waals surface area contributed by atoms with Gasteiger partial charge in [0.05, 0.1) is 0 Å². The lowest BCUT2D eigenvalue weighted by molar-refractivity contribution is 0.151. The lowest BCUT2D eigenvalue weighted by Crippen LogP contribution is -2.16. The van der Waals surface area contributed by atoms with Gasteiger partial charge >= 0.3 is 0 Å². The minimum absolute atomic E-state index is 0.0948. The largest absolute Gasteiger partial charge is 0.265 e. The fraction of sp³-hybridized carbons (Fsp3) is 0.333. The Hall–Kier alpha value is -1.21. The van der Waals surface area contributed by atoms with Crippen LogP contribution in [0.15, 0.2) is 18.2 Å². The van der Waals surface area contributed by atoms with E-state index >= 15 is 0 Å². The van der Waals surface area contributed by atoms with Gasteiger partial charge < -0.3 is 0 Å². The minimum Gasteiger partial charge on any atom is -0.207 e. The van der Waals surface area contributed by atoms with E-state index in [0.717, 1.165) is 18.2 Å². The monoisotopic (exact) mass is 242 g/mol. The molecule has 0 saturated heterocycles. The molecular formula is C12H13F3Si. The van der Waals surface area contributed by atoms with E-state index in [1.54, 1.807) is 0 Å². The highest BCUT2D eigenvalue weighted by Gasteiger charge is 2.13. The molecule has 0 unspecified atom stereocenters. The van der Waals surface area contributed by atoms with Crippen LogP contribution >= 0.6 is 0 Å². The quantitative estimate of drug-likeness (QED) is 0.516. The summed E-state index contributed by atoms with van der Waals surface area (Å²) in [4.78, 5) is 0. The highest BCUT2D eigenvalue weighted by Crippen LogP contribution is 2.23. The SMILES string of the molecule is C[Si](C)(C)C#Cc1cc(F)ccc1C(F)F. The van der Waals surface area contributed by atoms with Gasteiger partial charge in [0.15, 0.2) is 0 Å². The molecule has 0 atom stereocenters. The van der Waals surface area contributed by atoms with Gasteiger partial charge in [-0.1, -0.05) is 25.6 Å². The molecule has 4 heteroatoms. The number of benzene rings is 1. The maximum Gasteiger partial charge on any atom is 0.265 e. The Balaban J connectivity index is 3.19. The van der Waals surface area contributed by atoms with E-state index in [4.69, 9.17) is 0 Å². The summed E-state index contributed by atoms with van der Waals surface area (Å²) in [7, 11) is -1.64. The van der Waals surface area contributed by atoms with E-state index < -0.39 is 20.3 Å². The number of hydrogen-bond acceptors (Lipinski definition) is 0. The van der Waals surface area contributed by atoms with Crippen LogP contribution in [-0.2, 0) is 0 Å². The van der Waals surface area contributed by atoms with Gasteiger partial charge in [-0.3, -0.25) is 0 Å². The van der Waals surface area contributed by atoms with Crippen molar-refractivity contribution in [3.63, 3.8) is 0 Å². The highest BCUT2D eigenvalue weighted by atomic mass is 28.3. The lowest BCUT2D eigenvalue weighted by Gasteiger charge is -2.06. The van der Waals surface area contributed by atoms with Crippen molar-refractivity contribution in [2.24, 2.45) is 0 Å². The zero-order chi connectivity index (χ0) is 12.3. The topological polar surface area (TPSA) is 0 Å². The Bertz CT molecular complexity index is 436. The molecule has 0 fully saturated rings. The van der Waals surface area contributed by atoms with E-state index in [-0.39, 0.29) is 11.1 Å². The number of rotatable bonds is 1. The van der Waals surface area contributed by atoms with Crippen molar-refractivity contribution in [2.45, 2.75) is 26.1 Å². The smallest absolute Gasteiger partial charge is 0.207 e. The van der Waals surface area contributed by atoms with Gasteiger partial charge in [0, 0.05) is 11.1 Å². The van der Waals surface area contributed by atoms with Crippen molar-refractivity contribution in [2.75, 3.05) is 0 Å². The van der Waals surface area contributed by atoms with Gasteiger partial charge in [-0.25, -0.2) is 13.2 Å². The summed E-state index contributed by atoms with van der Waals surface area (Å²) in [6.07, 6.45) is -2.62. The first kappa shape index (κ1) is 12.9. The van der Waals surface area contributed by atoms with Crippen molar-refractivity contribution < 1.29 is 13.2 Å². The second-order valence-electron chi connectivity index (χ2n) is 4.53. The molecule has 0 aliphatic rings. The molecule has 86 valence electrons. The summed E-state index contributed by atoms with van der Waals surface area (Å²) < 4.78 is 38.1. The Kier molecular flexibility index (Phi) is 3.82. The lowest BCUT2D eigenvalue weighted by atomic mass is 10.1. The van der Waals surface area contributed by atoms with E-state index in [9.17, 15) is 13.2 Å². The maximum atomic E-state index is 12.9.